The monoisotopic (exact) mass is 239 g/mol. The fraction of sp³-hybridized carbons (Fsp3) is 0.250. The summed E-state index contributed by atoms with van der Waals surface area (Å²) in [4.78, 5) is 11.8. The quantitative estimate of drug-likeness (QED) is 0.791. The molecule has 0 amide bonds. The molecule has 0 aliphatic heterocycles. The molecule has 1 rings (SSSR count). The molecule has 5 heteroatoms. The lowest BCUT2D eigenvalue weighted by molar-refractivity contribution is -0.138. The smallest absolute Gasteiger partial charge is 0.317 e. The molecule has 0 radical (unpaired) electrons. The van der Waals surface area contributed by atoms with E-state index in [1.54, 1.807) is 0 Å². The molecular weight excluding hydrogens is 228 g/mol. The summed E-state index contributed by atoms with van der Waals surface area (Å²) >= 11 is 0. The number of carbonyl (C=O) groups is 1. The normalized spacial score (nSPS) is 10.2. The van der Waals surface area contributed by atoms with Crippen LogP contribution >= 0.6 is 0 Å². The van der Waals surface area contributed by atoms with Gasteiger partial charge >= 0.3 is 5.97 Å². The van der Waals surface area contributed by atoms with Gasteiger partial charge < -0.3 is 5.11 Å². The molecule has 0 bridgehead atoms. The zero-order valence-electron chi connectivity index (χ0n) is 8.99. The average molecular weight is 239 g/mol. The molecule has 0 heterocycles. The third-order valence-corrected chi connectivity index (χ3v) is 2.12. The summed E-state index contributed by atoms with van der Waals surface area (Å²) in [6.07, 6.45) is 5.06. The van der Waals surface area contributed by atoms with Crippen LogP contribution in [-0.2, 0) is 11.3 Å². The van der Waals surface area contributed by atoms with E-state index < -0.39 is 17.6 Å². The van der Waals surface area contributed by atoms with Gasteiger partial charge in [-0.15, -0.1) is 6.42 Å². The van der Waals surface area contributed by atoms with Crippen LogP contribution in [0.4, 0.5) is 8.78 Å². The van der Waals surface area contributed by atoms with E-state index in [4.69, 9.17) is 11.5 Å². The van der Waals surface area contributed by atoms with Gasteiger partial charge in [0.1, 0.15) is 11.6 Å². The highest BCUT2D eigenvalue weighted by Gasteiger charge is 2.14. The Morgan fingerprint density at radius 1 is 1.41 bits per heavy atom. The molecule has 1 aromatic rings. The van der Waals surface area contributed by atoms with E-state index in [2.05, 4.69) is 5.92 Å². The van der Waals surface area contributed by atoms with Crippen molar-refractivity contribution < 1.29 is 18.7 Å². The molecule has 3 nitrogen and oxygen atoms in total. The number of halogens is 2. The van der Waals surface area contributed by atoms with E-state index >= 15 is 0 Å². The predicted octanol–water partition coefficient (Wildman–Crippen LogP) is 1.48. The summed E-state index contributed by atoms with van der Waals surface area (Å²) in [7, 11) is 0. The summed E-state index contributed by atoms with van der Waals surface area (Å²) < 4.78 is 26.6. The Balaban J connectivity index is 2.86. The van der Waals surface area contributed by atoms with Crippen molar-refractivity contribution in [1.29, 1.82) is 0 Å². The van der Waals surface area contributed by atoms with E-state index in [1.165, 1.54) is 11.0 Å². The molecule has 0 spiro atoms. The predicted molar refractivity (Wildman–Crippen MR) is 58.1 cm³/mol. The fourth-order valence-electron chi connectivity index (χ4n) is 1.40. The van der Waals surface area contributed by atoms with Crippen molar-refractivity contribution in [3.63, 3.8) is 0 Å². The maximum Gasteiger partial charge on any atom is 0.317 e. The minimum absolute atomic E-state index is 0.0140. The van der Waals surface area contributed by atoms with Gasteiger partial charge in [0.2, 0.25) is 0 Å². The van der Waals surface area contributed by atoms with Crippen LogP contribution in [0.15, 0.2) is 18.2 Å². The highest BCUT2D eigenvalue weighted by atomic mass is 19.1. The van der Waals surface area contributed by atoms with Crippen molar-refractivity contribution >= 4 is 5.97 Å². The number of aliphatic carboxylic acids is 1. The number of nitrogens with zero attached hydrogens (tertiary/aromatic N) is 1. The number of hydrogen-bond donors (Lipinski definition) is 1. The molecule has 0 unspecified atom stereocenters. The molecule has 90 valence electrons. The molecule has 0 aliphatic rings. The van der Waals surface area contributed by atoms with Crippen LogP contribution in [0.3, 0.4) is 0 Å². The van der Waals surface area contributed by atoms with E-state index in [-0.39, 0.29) is 25.2 Å². The average Bonchev–Trinajstić information content (AvgIpc) is 2.23. The second-order valence-electron chi connectivity index (χ2n) is 3.44. The zero-order chi connectivity index (χ0) is 12.8. The van der Waals surface area contributed by atoms with E-state index in [9.17, 15) is 13.6 Å². The second-order valence-corrected chi connectivity index (χ2v) is 3.44. The van der Waals surface area contributed by atoms with E-state index in [1.807, 2.05) is 0 Å². The summed E-state index contributed by atoms with van der Waals surface area (Å²) in [5, 5.41) is 8.63. The van der Waals surface area contributed by atoms with Crippen molar-refractivity contribution in [2.75, 3.05) is 13.1 Å². The molecule has 0 aliphatic carbocycles. The Bertz CT molecular complexity index is 434. The maximum absolute atomic E-state index is 13.3. The van der Waals surface area contributed by atoms with Crippen LogP contribution in [0.5, 0.6) is 0 Å². The molecule has 0 aromatic heterocycles. The van der Waals surface area contributed by atoms with E-state index in [0.717, 1.165) is 12.1 Å². The lowest BCUT2D eigenvalue weighted by Crippen LogP contribution is -2.30. The Morgan fingerprint density at radius 2 is 2.00 bits per heavy atom. The Kier molecular flexibility index (Phi) is 4.61. The van der Waals surface area contributed by atoms with Gasteiger partial charge in [0, 0.05) is 12.1 Å². The largest absolute Gasteiger partial charge is 0.480 e. The first kappa shape index (κ1) is 13.1. The number of hydrogen-bond acceptors (Lipinski definition) is 2. The van der Waals surface area contributed by atoms with Crippen LogP contribution in [-0.4, -0.2) is 29.1 Å². The van der Waals surface area contributed by atoms with Crippen LogP contribution < -0.4 is 0 Å². The summed E-state index contributed by atoms with van der Waals surface area (Å²) in [5.41, 5.74) is -0.177. The number of benzene rings is 1. The number of carboxylic acids is 1. The first-order valence-electron chi connectivity index (χ1n) is 4.85. The Hall–Kier alpha value is -1.93. The SMILES string of the molecule is C#CCN(CC(=O)O)Cc1c(F)cccc1F. The molecule has 0 atom stereocenters. The molecule has 0 saturated carbocycles. The van der Waals surface area contributed by atoms with Crippen LogP contribution in [0, 0.1) is 24.0 Å². The van der Waals surface area contributed by atoms with Crippen molar-refractivity contribution in [3.05, 3.63) is 35.4 Å². The maximum atomic E-state index is 13.3. The van der Waals surface area contributed by atoms with Gasteiger partial charge in [-0.25, -0.2) is 8.78 Å². The topological polar surface area (TPSA) is 40.5 Å². The van der Waals surface area contributed by atoms with Crippen molar-refractivity contribution in [2.45, 2.75) is 6.54 Å². The van der Waals surface area contributed by atoms with Gasteiger partial charge in [-0.3, -0.25) is 9.69 Å². The van der Waals surface area contributed by atoms with Gasteiger partial charge in [-0.05, 0) is 12.1 Å². The summed E-state index contributed by atoms with van der Waals surface area (Å²) in [6.45, 7) is -0.521. The first-order valence-corrected chi connectivity index (χ1v) is 4.85. The Morgan fingerprint density at radius 3 is 2.47 bits per heavy atom. The van der Waals surface area contributed by atoms with Crippen LogP contribution in [0.1, 0.15) is 5.56 Å². The van der Waals surface area contributed by atoms with Crippen LogP contribution in [0.2, 0.25) is 0 Å². The third-order valence-electron chi connectivity index (χ3n) is 2.12. The standard InChI is InChI=1S/C12H11F2NO2/c1-2-6-15(8-12(16)17)7-9-10(13)4-3-5-11(9)14/h1,3-5H,6-8H2,(H,16,17). The van der Waals surface area contributed by atoms with Gasteiger partial charge in [-0.2, -0.15) is 0 Å². The van der Waals surface area contributed by atoms with Crippen molar-refractivity contribution in [3.8, 4) is 12.3 Å². The molecule has 1 aromatic carbocycles. The molecule has 1 N–H and O–H groups in total. The van der Waals surface area contributed by atoms with Gasteiger partial charge in [-0.1, -0.05) is 12.0 Å². The number of terminal acetylenes is 1. The minimum atomic E-state index is -1.10. The van der Waals surface area contributed by atoms with Crippen molar-refractivity contribution in [2.24, 2.45) is 0 Å². The minimum Gasteiger partial charge on any atom is -0.480 e. The summed E-state index contributed by atoms with van der Waals surface area (Å²) in [6, 6.07) is 3.48. The number of rotatable bonds is 5. The highest BCUT2D eigenvalue weighted by molar-refractivity contribution is 5.69. The lowest BCUT2D eigenvalue weighted by atomic mass is 10.2. The van der Waals surface area contributed by atoms with Gasteiger partial charge in [0.15, 0.2) is 0 Å². The van der Waals surface area contributed by atoms with Crippen molar-refractivity contribution in [1.82, 2.24) is 4.90 Å². The number of carboxylic acid groups (broad SMARTS) is 1. The molecule has 0 saturated heterocycles. The van der Waals surface area contributed by atoms with Gasteiger partial charge in [0.05, 0.1) is 13.1 Å². The molecule has 17 heavy (non-hydrogen) atoms. The highest BCUT2D eigenvalue weighted by Crippen LogP contribution is 2.14. The summed E-state index contributed by atoms with van der Waals surface area (Å²) in [5.74, 6) is -0.271. The van der Waals surface area contributed by atoms with E-state index in [0.29, 0.717) is 0 Å². The third kappa shape index (κ3) is 3.85. The zero-order valence-corrected chi connectivity index (χ0v) is 8.99. The lowest BCUT2D eigenvalue weighted by Gasteiger charge is -2.17. The van der Waals surface area contributed by atoms with Gasteiger partial charge in [0.25, 0.3) is 0 Å². The second kappa shape index (κ2) is 5.97. The fourth-order valence-corrected chi connectivity index (χ4v) is 1.40. The molecular formula is C12H11F2NO2. The van der Waals surface area contributed by atoms with Crippen LogP contribution in [0.25, 0.3) is 0 Å². The Labute approximate surface area is 97.7 Å². The molecule has 0 fully saturated rings. The first-order chi connectivity index (χ1) is 8.04.